The quantitative estimate of drug-likeness (QED) is 0.630. The Morgan fingerprint density at radius 3 is 2.67 bits per heavy atom. The van der Waals surface area contributed by atoms with Gasteiger partial charge in [-0.3, -0.25) is 9.98 Å². The van der Waals surface area contributed by atoms with E-state index in [1.54, 1.807) is 6.20 Å². The number of nitrogens with two attached hydrogens (primary N) is 1. The molecule has 2 aromatic rings. The summed E-state index contributed by atoms with van der Waals surface area (Å²) in [6.45, 7) is 3.54. The SMILES string of the molecule is Cc1ccc(CCNC(N)=NCCc2ccccn2)cc1. The first-order valence-corrected chi connectivity index (χ1v) is 7.23. The average molecular weight is 282 g/mol. The summed E-state index contributed by atoms with van der Waals surface area (Å²) >= 11 is 0. The fourth-order valence-corrected chi connectivity index (χ4v) is 1.98. The summed E-state index contributed by atoms with van der Waals surface area (Å²) in [5.41, 5.74) is 9.46. The molecule has 0 saturated carbocycles. The highest BCUT2D eigenvalue weighted by Crippen LogP contribution is 2.03. The summed E-state index contributed by atoms with van der Waals surface area (Å²) in [6, 6.07) is 14.4. The minimum atomic E-state index is 0.498. The van der Waals surface area contributed by atoms with Crippen LogP contribution in [-0.4, -0.2) is 24.0 Å². The third kappa shape index (κ3) is 5.65. The van der Waals surface area contributed by atoms with Gasteiger partial charge in [0.15, 0.2) is 5.96 Å². The zero-order valence-corrected chi connectivity index (χ0v) is 12.4. The predicted octanol–water partition coefficient (Wildman–Crippen LogP) is 2.08. The van der Waals surface area contributed by atoms with Gasteiger partial charge in [-0.15, -0.1) is 0 Å². The van der Waals surface area contributed by atoms with Gasteiger partial charge in [0.1, 0.15) is 0 Å². The van der Waals surface area contributed by atoms with E-state index in [0.29, 0.717) is 12.5 Å². The fourth-order valence-electron chi connectivity index (χ4n) is 1.98. The maximum Gasteiger partial charge on any atom is 0.188 e. The van der Waals surface area contributed by atoms with Crippen molar-refractivity contribution in [3.8, 4) is 0 Å². The Hall–Kier alpha value is -2.36. The number of hydrogen-bond donors (Lipinski definition) is 2. The second kappa shape index (κ2) is 8.04. The van der Waals surface area contributed by atoms with Crippen LogP contribution in [0.25, 0.3) is 0 Å². The molecule has 4 heteroatoms. The summed E-state index contributed by atoms with van der Waals surface area (Å²) < 4.78 is 0. The van der Waals surface area contributed by atoms with Crippen molar-refractivity contribution in [1.29, 1.82) is 0 Å². The number of hydrogen-bond acceptors (Lipinski definition) is 2. The van der Waals surface area contributed by atoms with Crippen LogP contribution in [0.1, 0.15) is 16.8 Å². The van der Waals surface area contributed by atoms with Crippen molar-refractivity contribution >= 4 is 5.96 Å². The van der Waals surface area contributed by atoms with Gasteiger partial charge in [0.2, 0.25) is 0 Å². The Bertz CT molecular complexity index is 561. The maximum atomic E-state index is 5.84. The Morgan fingerprint density at radius 2 is 1.95 bits per heavy atom. The van der Waals surface area contributed by atoms with E-state index in [-0.39, 0.29) is 0 Å². The fraction of sp³-hybridized carbons (Fsp3) is 0.294. The van der Waals surface area contributed by atoms with Gasteiger partial charge < -0.3 is 11.1 Å². The van der Waals surface area contributed by atoms with Crippen LogP contribution >= 0.6 is 0 Å². The lowest BCUT2D eigenvalue weighted by Crippen LogP contribution is -2.33. The molecule has 0 amide bonds. The number of guanidine groups is 1. The van der Waals surface area contributed by atoms with Crippen LogP contribution in [0.5, 0.6) is 0 Å². The van der Waals surface area contributed by atoms with Crippen molar-refractivity contribution in [3.63, 3.8) is 0 Å². The molecule has 21 heavy (non-hydrogen) atoms. The second-order valence-corrected chi connectivity index (χ2v) is 5.00. The monoisotopic (exact) mass is 282 g/mol. The van der Waals surface area contributed by atoms with Crippen molar-refractivity contribution in [3.05, 3.63) is 65.5 Å². The molecule has 0 aliphatic rings. The van der Waals surface area contributed by atoms with Gasteiger partial charge in [-0.25, -0.2) is 0 Å². The van der Waals surface area contributed by atoms with Crippen LogP contribution in [0.3, 0.4) is 0 Å². The number of benzene rings is 1. The van der Waals surface area contributed by atoms with Crippen LogP contribution in [0.2, 0.25) is 0 Å². The molecule has 0 aliphatic carbocycles. The Balaban J connectivity index is 1.68. The van der Waals surface area contributed by atoms with Crippen molar-refractivity contribution in [1.82, 2.24) is 10.3 Å². The summed E-state index contributed by atoms with van der Waals surface area (Å²) in [7, 11) is 0. The number of aliphatic imine (C=N–C) groups is 1. The summed E-state index contributed by atoms with van der Waals surface area (Å²) in [5, 5.41) is 3.14. The first-order chi connectivity index (χ1) is 10.2. The average Bonchev–Trinajstić information content (AvgIpc) is 2.50. The van der Waals surface area contributed by atoms with E-state index in [1.165, 1.54) is 11.1 Å². The zero-order chi connectivity index (χ0) is 14.9. The molecule has 0 radical (unpaired) electrons. The molecule has 0 aliphatic heterocycles. The maximum absolute atomic E-state index is 5.84. The van der Waals surface area contributed by atoms with Gasteiger partial charge in [0.25, 0.3) is 0 Å². The number of rotatable bonds is 6. The van der Waals surface area contributed by atoms with E-state index in [0.717, 1.165) is 25.1 Å². The standard InChI is InChI=1S/C17H22N4/c1-14-5-7-15(8-6-14)9-12-20-17(18)21-13-10-16-4-2-3-11-19-16/h2-8,11H,9-10,12-13H2,1H3,(H3,18,20,21). The van der Waals surface area contributed by atoms with E-state index in [4.69, 9.17) is 5.73 Å². The highest BCUT2D eigenvalue weighted by atomic mass is 15.1. The summed E-state index contributed by atoms with van der Waals surface area (Å²) in [5.74, 6) is 0.498. The molecule has 0 spiro atoms. The van der Waals surface area contributed by atoms with Crippen LogP contribution < -0.4 is 11.1 Å². The predicted molar refractivity (Wildman–Crippen MR) is 87.3 cm³/mol. The molecule has 2 rings (SSSR count). The minimum absolute atomic E-state index is 0.498. The highest BCUT2D eigenvalue weighted by Gasteiger charge is 1.96. The van der Waals surface area contributed by atoms with Crippen molar-refractivity contribution in [2.24, 2.45) is 10.7 Å². The zero-order valence-electron chi connectivity index (χ0n) is 12.4. The van der Waals surface area contributed by atoms with E-state index in [2.05, 4.69) is 46.5 Å². The molecule has 4 nitrogen and oxygen atoms in total. The lowest BCUT2D eigenvalue weighted by atomic mass is 10.1. The first-order valence-electron chi connectivity index (χ1n) is 7.23. The first kappa shape index (κ1) is 15.0. The molecule has 3 N–H and O–H groups in total. The molecule has 0 bridgehead atoms. The lowest BCUT2D eigenvalue weighted by molar-refractivity contribution is 0.839. The van der Waals surface area contributed by atoms with Crippen LogP contribution in [-0.2, 0) is 12.8 Å². The Morgan fingerprint density at radius 1 is 1.14 bits per heavy atom. The van der Waals surface area contributed by atoms with Gasteiger partial charge in [-0.05, 0) is 31.0 Å². The molecular weight excluding hydrogens is 260 g/mol. The molecule has 0 unspecified atom stereocenters. The number of aromatic nitrogens is 1. The number of nitrogens with zero attached hydrogens (tertiary/aromatic N) is 2. The van der Waals surface area contributed by atoms with E-state index < -0.39 is 0 Å². The van der Waals surface area contributed by atoms with E-state index >= 15 is 0 Å². The van der Waals surface area contributed by atoms with Crippen LogP contribution in [0.4, 0.5) is 0 Å². The number of nitrogens with one attached hydrogen (secondary N) is 1. The molecule has 0 fully saturated rings. The third-order valence-corrected chi connectivity index (χ3v) is 3.22. The van der Waals surface area contributed by atoms with Gasteiger partial charge in [-0.1, -0.05) is 35.9 Å². The van der Waals surface area contributed by atoms with Crippen molar-refractivity contribution in [2.75, 3.05) is 13.1 Å². The second-order valence-electron chi connectivity index (χ2n) is 5.00. The third-order valence-electron chi connectivity index (χ3n) is 3.22. The molecular formula is C17H22N4. The number of pyridine rings is 1. The lowest BCUT2D eigenvalue weighted by Gasteiger charge is -2.06. The normalized spacial score (nSPS) is 11.4. The van der Waals surface area contributed by atoms with E-state index in [1.807, 2.05) is 18.2 Å². The van der Waals surface area contributed by atoms with Gasteiger partial charge >= 0.3 is 0 Å². The van der Waals surface area contributed by atoms with Gasteiger partial charge in [0, 0.05) is 31.4 Å². The van der Waals surface area contributed by atoms with Crippen molar-refractivity contribution in [2.45, 2.75) is 19.8 Å². The smallest absolute Gasteiger partial charge is 0.188 e. The molecule has 1 heterocycles. The van der Waals surface area contributed by atoms with Crippen LogP contribution in [0, 0.1) is 6.92 Å². The summed E-state index contributed by atoms with van der Waals surface area (Å²) in [4.78, 5) is 8.56. The molecule has 110 valence electrons. The van der Waals surface area contributed by atoms with Crippen LogP contribution in [0.15, 0.2) is 53.7 Å². The molecule has 0 saturated heterocycles. The topological polar surface area (TPSA) is 63.3 Å². The van der Waals surface area contributed by atoms with Crippen molar-refractivity contribution < 1.29 is 0 Å². The molecule has 1 aromatic heterocycles. The molecule has 0 atom stereocenters. The highest BCUT2D eigenvalue weighted by molar-refractivity contribution is 5.77. The minimum Gasteiger partial charge on any atom is -0.370 e. The molecule has 1 aromatic carbocycles. The largest absolute Gasteiger partial charge is 0.370 e. The Kier molecular flexibility index (Phi) is 5.76. The number of aryl methyl sites for hydroxylation is 1. The van der Waals surface area contributed by atoms with Gasteiger partial charge in [-0.2, -0.15) is 0 Å². The van der Waals surface area contributed by atoms with Gasteiger partial charge in [0.05, 0.1) is 0 Å². The Labute approximate surface area is 126 Å². The van der Waals surface area contributed by atoms with E-state index in [9.17, 15) is 0 Å². The summed E-state index contributed by atoms with van der Waals surface area (Å²) in [6.07, 6.45) is 3.54.